The predicted molar refractivity (Wildman–Crippen MR) is 114 cm³/mol. The topological polar surface area (TPSA) is 105 Å². The van der Waals surface area contributed by atoms with Gasteiger partial charge in [-0.2, -0.15) is 0 Å². The van der Waals surface area contributed by atoms with Crippen LogP contribution >= 0.6 is 11.6 Å². The molecule has 1 aromatic heterocycles. The lowest BCUT2D eigenvalue weighted by Crippen LogP contribution is -2.28. The number of halogens is 1. The maximum atomic E-state index is 12.1. The Hall–Kier alpha value is -3.36. The van der Waals surface area contributed by atoms with Gasteiger partial charge in [-0.05, 0) is 66.7 Å². The van der Waals surface area contributed by atoms with Gasteiger partial charge in [0.15, 0.2) is 0 Å². The average Bonchev–Trinajstić information content (AvgIpc) is 3.15. The summed E-state index contributed by atoms with van der Waals surface area (Å²) >= 11 is 5.87. The van der Waals surface area contributed by atoms with Crippen LogP contribution in [0.3, 0.4) is 0 Å². The van der Waals surface area contributed by atoms with Crippen LogP contribution in [-0.4, -0.2) is 20.2 Å². The molecule has 0 unspecified atom stereocenters. The molecule has 0 saturated carbocycles. The monoisotopic (exact) mass is 444 g/mol. The molecule has 0 aliphatic carbocycles. The van der Waals surface area contributed by atoms with Gasteiger partial charge in [0.2, 0.25) is 11.8 Å². The highest BCUT2D eigenvalue weighted by atomic mass is 35.5. The fraction of sp³-hybridized carbons (Fsp3) is 0.0476. The molecule has 2 aromatic carbocycles. The Morgan fingerprint density at radius 1 is 0.967 bits per heavy atom. The molecule has 0 fully saturated rings. The van der Waals surface area contributed by atoms with Gasteiger partial charge < -0.3 is 9.73 Å². The number of furan rings is 1. The van der Waals surface area contributed by atoms with E-state index in [9.17, 15) is 18.0 Å². The number of anilines is 1. The van der Waals surface area contributed by atoms with Gasteiger partial charge in [-0.1, -0.05) is 11.6 Å². The number of benzene rings is 2. The van der Waals surface area contributed by atoms with Gasteiger partial charge in [-0.3, -0.25) is 9.59 Å². The summed E-state index contributed by atoms with van der Waals surface area (Å²) in [4.78, 5) is 23.0. The second-order valence-corrected chi connectivity index (χ2v) is 8.34. The van der Waals surface area contributed by atoms with E-state index in [-0.39, 0.29) is 4.90 Å². The van der Waals surface area contributed by atoms with Crippen LogP contribution in [0.25, 0.3) is 17.4 Å². The third kappa shape index (κ3) is 5.59. The molecule has 0 radical (unpaired) electrons. The zero-order valence-corrected chi connectivity index (χ0v) is 17.3. The summed E-state index contributed by atoms with van der Waals surface area (Å²) in [6, 6.07) is 16.1. The number of sulfonamides is 1. The highest BCUT2D eigenvalue weighted by Gasteiger charge is 2.15. The van der Waals surface area contributed by atoms with Gasteiger partial charge in [0.1, 0.15) is 11.5 Å². The maximum Gasteiger partial charge on any atom is 0.264 e. The van der Waals surface area contributed by atoms with E-state index in [1.165, 1.54) is 36.4 Å². The van der Waals surface area contributed by atoms with Crippen LogP contribution in [0.15, 0.2) is 76.1 Å². The summed E-state index contributed by atoms with van der Waals surface area (Å²) in [5.41, 5.74) is 1.26. The largest absolute Gasteiger partial charge is 0.457 e. The molecule has 0 aliphatic heterocycles. The van der Waals surface area contributed by atoms with E-state index in [0.717, 1.165) is 12.5 Å². The Bertz CT molecular complexity index is 1200. The summed E-state index contributed by atoms with van der Waals surface area (Å²) in [6.45, 7) is 1.11. The Labute approximate surface area is 178 Å². The van der Waals surface area contributed by atoms with E-state index < -0.39 is 21.8 Å². The van der Waals surface area contributed by atoms with E-state index >= 15 is 0 Å². The number of carbonyl (C=O) groups excluding carboxylic acids is 2. The van der Waals surface area contributed by atoms with Crippen LogP contribution in [0.5, 0.6) is 0 Å². The van der Waals surface area contributed by atoms with Crippen molar-refractivity contribution in [2.24, 2.45) is 0 Å². The molecule has 154 valence electrons. The van der Waals surface area contributed by atoms with Gasteiger partial charge >= 0.3 is 0 Å². The van der Waals surface area contributed by atoms with Crippen molar-refractivity contribution < 1.29 is 22.4 Å². The molecule has 0 saturated heterocycles. The predicted octanol–water partition coefficient (Wildman–Crippen LogP) is 4.08. The molecule has 3 rings (SSSR count). The zero-order valence-electron chi connectivity index (χ0n) is 15.8. The molecule has 0 bridgehead atoms. The summed E-state index contributed by atoms with van der Waals surface area (Å²) in [6.07, 6.45) is 2.82. The molecule has 7 nitrogen and oxygen atoms in total. The molecule has 0 atom stereocenters. The lowest BCUT2D eigenvalue weighted by atomic mass is 10.2. The summed E-state index contributed by atoms with van der Waals surface area (Å²) < 4.78 is 31.4. The van der Waals surface area contributed by atoms with Gasteiger partial charge in [-0.25, -0.2) is 13.1 Å². The SMILES string of the molecule is CC(=O)NS(=O)(=O)c1ccc(NC(=O)C=Cc2ccc(-c3ccc(Cl)cc3)o2)cc1. The second kappa shape index (κ2) is 8.98. The minimum Gasteiger partial charge on any atom is -0.457 e. The van der Waals surface area contributed by atoms with Crippen LogP contribution in [0.1, 0.15) is 12.7 Å². The third-order valence-electron chi connectivity index (χ3n) is 3.86. The van der Waals surface area contributed by atoms with Crippen molar-refractivity contribution in [2.75, 3.05) is 5.32 Å². The Morgan fingerprint density at radius 2 is 1.63 bits per heavy atom. The molecule has 2 amide bonds. The quantitative estimate of drug-likeness (QED) is 0.557. The molecule has 0 spiro atoms. The molecule has 2 N–H and O–H groups in total. The summed E-state index contributed by atoms with van der Waals surface area (Å²) in [5.74, 6) is 0.0288. The van der Waals surface area contributed by atoms with Crippen molar-refractivity contribution in [1.82, 2.24) is 4.72 Å². The first kappa shape index (κ1) is 21.4. The first-order valence-electron chi connectivity index (χ1n) is 8.71. The maximum absolute atomic E-state index is 12.1. The number of carbonyl (C=O) groups is 2. The number of nitrogens with one attached hydrogen (secondary N) is 2. The molecule has 3 aromatic rings. The van der Waals surface area contributed by atoms with Crippen LogP contribution in [0, 0.1) is 0 Å². The van der Waals surface area contributed by atoms with Gasteiger partial charge in [0.25, 0.3) is 10.0 Å². The summed E-state index contributed by atoms with van der Waals surface area (Å²) in [7, 11) is -3.92. The van der Waals surface area contributed by atoms with E-state index in [4.69, 9.17) is 16.0 Å². The van der Waals surface area contributed by atoms with Crippen molar-refractivity contribution in [1.29, 1.82) is 0 Å². The number of hydrogen-bond donors (Lipinski definition) is 2. The van der Waals surface area contributed by atoms with Crippen molar-refractivity contribution >= 4 is 45.2 Å². The third-order valence-corrected chi connectivity index (χ3v) is 5.57. The number of amides is 2. The van der Waals surface area contributed by atoms with Gasteiger partial charge in [-0.15, -0.1) is 0 Å². The fourth-order valence-corrected chi connectivity index (χ4v) is 3.64. The highest BCUT2D eigenvalue weighted by Crippen LogP contribution is 2.24. The van der Waals surface area contributed by atoms with Crippen molar-refractivity contribution in [3.63, 3.8) is 0 Å². The minimum atomic E-state index is -3.92. The Kier molecular flexibility index (Phi) is 6.39. The lowest BCUT2D eigenvalue weighted by molar-refractivity contribution is -0.117. The van der Waals surface area contributed by atoms with E-state index in [2.05, 4.69) is 5.32 Å². The van der Waals surface area contributed by atoms with Crippen LogP contribution in [0.4, 0.5) is 5.69 Å². The smallest absolute Gasteiger partial charge is 0.264 e. The molecule has 1 heterocycles. The van der Waals surface area contributed by atoms with E-state index in [0.29, 0.717) is 22.2 Å². The number of hydrogen-bond acceptors (Lipinski definition) is 5. The van der Waals surface area contributed by atoms with E-state index in [1.807, 2.05) is 16.9 Å². The van der Waals surface area contributed by atoms with Crippen molar-refractivity contribution in [2.45, 2.75) is 11.8 Å². The number of rotatable bonds is 6. The van der Waals surface area contributed by atoms with Crippen molar-refractivity contribution in [3.05, 3.63) is 77.5 Å². The zero-order chi connectivity index (χ0) is 21.7. The van der Waals surface area contributed by atoms with Gasteiger partial charge in [0.05, 0.1) is 4.90 Å². The lowest BCUT2D eigenvalue weighted by Gasteiger charge is -2.06. The normalized spacial score (nSPS) is 11.4. The van der Waals surface area contributed by atoms with Crippen LogP contribution in [0.2, 0.25) is 5.02 Å². The first-order valence-corrected chi connectivity index (χ1v) is 10.6. The van der Waals surface area contributed by atoms with Crippen LogP contribution < -0.4 is 10.0 Å². The fourth-order valence-electron chi connectivity index (χ4n) is 2.52. The molecular formula is C21H17ClN2O5S. The second-order valence-electron chi connectivity index (χ2n) is 6.22. The first-order chi connectivity index (χ1) is 14.2. The summed E-state index contributed by atoms with van der Waals surface area (Å²) in [5, 5.41) is 3.24. The molecular weight excluding hydrogens is 428 g/mol. The van der Waals surface area contributed by atoms with E-state index in [1.54, 1.807) is 24.3 Å². The van der Waals surface area contributed by atoms with Gasteiger partial charge in [0, 0.05) is 29.3 Å². The molecule has 30 heavy (non-hydrogen) atoms. The standard InChI is InChI=1S/C21H17ClN2O5S/c1-14(25)24-30(27,28)19-10-6-17(7-11-19)23-21(26)13-9-18-8-12-20(29-18)15-2-4-16(22)5-3-15/h2-13H,1H3,(H,23,26)(H,24,25). The van der Waals surface area contributed by atoms with Crippen LogP contribution in [-0.2, 0) is 19.6 Å². The Morgan fingerprint density at radius 3 is 2.27 bits per heavy atom. The average molecular weight is 445 g/mol. The molecule has 0 aliphatic rings. The molecule has 9 heteroatoms. The Balaban J connectivity index is 1.62. The highest BCUT2D eigenvalue weighted by molar-refractivity contribution is 7.90. The minimum absolute atomic E-state index is 0.0865. The van der Waals surface area contributed by atoms with Crippen molar-refractivity contribution in [3.8, 4) is 11.3 Å².